The average molecular weight is 547 g/mol. The molecular weight excluding hydrogens is 504 g/mol. The lowest BCUT2D eigenvalue weighted by Gasteiger charge is -2.19. The van der Waals surface area contributed by atoms with E-state index in [0.717, 1.165) is 75.2 Å². The predicted octanol–water partition coefficient (Wildman–Crippen LogP) is 5.84. The molecule has 0 spiro atoms. The van der Waals surface area contributed by atoms with Gasteiger partial charge in [0.1, 0.15) is 23.0 Å². The Bertz CT molecular complexity index is 1190. The predicted molar refractivity (Wildman–Crippen MR) is 156 cm³/mol. The van der Waals surface area contributed by atoms with Crippen molar-refractivity contribution in [2.24, 2.45) is 5.41 Å². The zero-order valence-electron chi connectivity index (χ0n) is 23.7. The van der Waals surface area contributed by atoms with Crippen LogP contribution in [-0.2, 0) is 22.4 Å². The molecule has 1 amide bonds. The van der Waals surface area contributed by atoms with E-state index in [1.54, 1.807) is 0 Å². The summed E-state index contributed by atoms with van der Waals surface area (Å²) in [6, 6.07) is 14.9. The number of aliphatic carboxylic acids is 1. The summed E-state index contributed by atoms with van der Waals surface area (Å²) in [6.07, 6.45) is 10.9. The van der Waals surface area contributed by atoms with E-state index in [4.69, 9.17) is 9.72 Å². The first-order valence-corrected chi connectivity index (χ1v) is 14.3. The maximum atomic E-state index is 12.3. The first kappa shape index (κ1) is 30.7. The molecule has 0 radical (unpaired) electrons. The zero-order chi connectivity index (χ0) is 28.8. The summed E-state index contributed by atoms with van der Waals surface area (Å²) in [5, 5.41) is 24.7. The largest absolute Gasteiger partial charge is 0.493 e. The number of aryl methyl sites for hydroxylation is 2. The molecule has 214 valence electrons. The number of allylic oxidation sites excluding steroid dienone is 1. The van der Waals surface area contributed by atoms with Crippen LogP contribution in [0.25, 0.3) is 0 Å². The van der Waals surface area contributed by atoms with Crippen LogP contribution >= 0.6 is 0 Å². The van der Waals surface area contributed by atoms with Crippen molar-refractivity contribution in [2.75, 3.05) is 18.5 Å². The molecule has 2 heterocycles. The normalized spacial score (nSPS) is 13.9. The number of carbonyl (C=O) groups is 2. The average Bonchev–Trinajstić information content (AvgIpc) is 2.96. The van der Waals surface area contributed by atoms with Gasteiger partial charge in [0, 0.05) is 18.7 Å². The molecule has 0 unspecified atom stereocenters. The maximum absolute atomic E-state index is 12.3. The maximum Gasteiger partial charge on any atom is 0.326 e. The first-order chi connectivity index (χ1) is 19.3. The molecule has 40 heavy (non-hydrogen) atoms. The second-order valence-corrected chi connectivity index (χ2v) is 10.9. The summed E-state index contributed by atoms with van der Waals surface area (Å²) < 4.78 is 5.90. The number of para-hydroxylation sites is 1. The molecule has 3 rings (SSSR count). The van der Waals surface area contributed by atoms with E-state index in [2.05, 4.69) is 28.8 Å². The Morgan fingerprint density at radius 1 is 1.18 bits per heavy atom. The highest BCUT2D eigenvalue weighted by Gasteiger charge is 2.31. The summed E-state index contributed by atoms with van der Waals surface area (Å²) in [5.74, 6) is 0.185. The van der Waals surface area contributed by atoms with Gasteiger partial charge in [-0.25, -0.2) is 9.78 Å². The number of nitrogens with zero attached hydrogens (tertiary/aromatic N) is 2. The van der Waals surface area contributed by atoms with Crippen LogP contribution in [0.4, 0.5) is 5.82 Å². The van der Waals surface area contributed by atoms with Crippen LogP contribution in [0.15, 0.2) is 54.1 Å². The summed E-state index contributed by atoms with van der Waals surface area (Å²) in [4.78, 5) is 28.9. The van der Waals surface area contributed by atoms with E-state index >= 15 is 0 Å². The Balaban J connectivity index is 1.51. The van der Waals surface area contributed by atoms with Gasteiger partial charge in [0.25, 0.3) is 0 Å². The van der Waals surface area contributed by atoms with Crippen molar-refractivity contribution in [3.8, 4) is 11.8 Å². The number of ether oxygens (including phenoxy) is 1. The van der Waals surface area contributed by atoms with Crippen LogP contribution in [0, 0.1) is 16.7 Å². The number of aromatic nitrogens is 1. The summed E-state index contributed by atoms with van der Waals surface area (Å²) in [6.45, 7) is 4.48. The number of hydrogen-bond acceptors (Lipinski definition) is 6. The number of carbonyl (C=O) groups excluding carboxylic acids is 1. The molecule has 1 aromatic carbocycles. The summed E-state index contributed by atoms with van der Waals surface area (Å²) in [7, 11) is 0. The molecule has 0 fully saturated rings. The minimum atomic E-state index is -1.28. The molecule has 1 atom stereocenters. The third-order valence-electron chi connectivity index (χ3n) is 7.16. The Kier molecular flexibility index (Phi) is 12.0. The highest BCUT2D eigenvalue weighted by atomic mass is 16.5. The lowest BCUT2D eigenvalue weighted by atomic mass is 9.94. The Labute approximate surface area is 237 Å². The molecule has 0 bridgehead atoms. The molecule has 0 saturated carbocycles. The van der Waals surface area contributed by atoms with Crippen LogP contribution in [0.2, 0.25) is 0 Å². The van der Waals surface area contributed by atoms with Gasteiger partial charge in [-0.2, -0.15) is 5.26 Å². The van der Waals surface area contributed by atoms with E-state index in [9.17, 15) is 20.0 Å². The molecule has 3 N–H and O–H groups in total. The van der Waals surface area contributed by atoms with Crippen molar-refractivity contribution in [2.45, 2.75) is 84.1 Å². The van der Waals surface area contributed by atoms with Gasteiger partial charge in [-0.15, -0.1) is 0 Å². The second kappa shape index (κ2) is 15.7. The fourth-order valence-electron chi connectivity index (χ4n) is 4.59. The molecule has 1 aliphatic heterocycles. The molecule has 0 saturated heterocycles. The third-order valence-corrected chi connectivity index (χ3v) is 7.16. The lowest BCUT2D eigenvalue weighted by Crippen LogP contribution is -2.46. The molecular formula is C32H42N4O4. The van der Waals surface area contributed by atoms with Gasteiger partial charge in [0.15, 0.2) is 0 Å². The minimum Gasteiger partial charge on any atom is -0.493 e. The fraction of sp³-hybridized carbons (Fsp3) is 0.500. The fourth-order valence-corrected chi connectivity index (χ4v) is 4.59. The van der Waals surface area contributed by atoms with Crippen molar-refractivity contribution in [3.05, 3.63) is 65.4 Å². The third kappa shape index (κ3) is 10.0. The summed E-state index contributed by atoms with van der Waals surface area (Å²) in [5.41, 5.74) is 2.37. The standard InChI is InChI=1S/C32H42N4O4/c1-32(2,23-33)31(39)36-28(30(37)38)17-9-12-24(20-22-40-27-15-7-4-8-16-27)11-5-3-6-14-26-19-18-25-13-10-21-34-29(25)35-26/h4,7-8,12,15-16,18-19,28H,3,5-6,9-11,13-14,17,20-22H2,1-2H3,(H,34,35)(H,36,39)(H,37,38)/b24-12-/t28-/m0/s1. The van der Waals surface area contributed by atoms with Gasteiger partial charge in [0.05, 0.1) is 12.7 Å². The van der Waals surface area contributed by atoms with Crippen LogP contribution in [0.3, 0.4) is 0 Å². The van der Waals surface area contributed by atoms with Crippen LogP contribution in [0.1, 0.15) is 76.5 Å². The molecule has 8 nitrogen and oxygen atoms in total. The number of benzene rings is 1. The van der Waals surface area contributed by atoms with E-state index in [-0.39, 0.29) is 6.42 Å². The monoisotopic (exact) mass is 546 g/mol. The van der Waals surface area contributed by atoms with Gasteiger partial charge in [-0.05, 0) is 89.0 Å². The van der Waals surface area contributed by atoms with Gasteiger partial charge < -0.3 is 20.5 Å². The van der Waals surface area contributed by atoms with Crippen molar-refractivity contribution >= 4 is 17.7 Å². The van der Waals surface area contributed by atoms with Gasteiger partial charge in [-0.1, -0.05) is 42.3 Å². The Morgan fingerprint density at radius 2 is 1.98 bits per heavy atom. The smallest absolute Gasteiger partial charge is 0.326 e. The lowest BCUT2D eigenvalue weighted by molar-refractivity contribution is -0.143. The number of nitriles is 1. The second-order valence-electron chi connectivity index (χ2n) is 10.9. The molecule has 1 aromatic heterocycles. The van der Waals surface area contributed by atoms with Gasteiger partial charge in [0.2, 0.25) is 5.91 Å². The molecule has 8 heteroatoms. The number of anilines is 1. The number of fused-ring (bicyclic) bond motifs is 1. The SMILES string of the molecule is CC(C)(C#N)C(=O)N[C@@H](CC/C=C(/CCCCCc1ccc2c(n1)NCCC2)CCOc1ccccc1)C(=O)O. The number of amides is 1. The number of carboxylic acid groups (broad SMARTS) is 1. The summed E-state index contributed by atoms with van der Waals surface area (Å²) >= 11 is 0. The van der Waals surface area contributed by atoms with Crippen molar-refractivity contribution in [3.63, 3.8) is 0 Å². The Hall–Kier alpha value is -3.86. The minimum absolute atomic E-state index is 0.254. The highest BCUT2D eigenvalue weighted by Crippen LogP contribution is 2.22. The van der Waals surface area contributed by atoms with Crippen molar-refractivity contribution < 1.29 is 19.4 Å². The molecule has 1 aliphatic rings. The van der Waals surface area contributed by atoms with Gasteiger partial charge >= 0.3 is 5.97 Å². The zero-order valence-corrected chi connectivity index (χ0v) is 23.7. The molecule has 2 aromatic rings. The van der Waals surface area contributed by atoms with Crippen LogP contribution in [0.5, 0.6) is 5.75 Å². The van der Waals surface area contributed by atoms with Crippen molar-refractivity contribution in [1.82, 2.24) is 10.3 Å². The number of rotatable bonds is 16. The van der Waals surface area contributed by atoms with Gasteiger partial charge in [-0.3, -0.25) is 4.79 Å². The van der Waals surface area contributed by atoms with E-state index in [0.29, 0.717) is 13.0 Å². The topological polar surface area (TPSA) is 124 Å². The molecule has 0 aliphatic carbocycles. The van der Waals surface area contributed by atoms with Crippen LogP contribution < -0.4 is 15.4 Å². The first-order valence-electron chi connectivity index (χ1n) is 14.3. The number of unbranched alkanes of at least 4 members (excludes halogenated alkanes) is 2. The van der Waals surface area contributed by atoms with Crippen molar-refractivity contribution in [1.29, 1.82) is 5.26 Å². The number of nitrogens with one attached hydrogen (secondary N) is 2. The Morgan fingerprint density at radius 3 is 2.73 bits per heavy atom. The number of carboxylic acids is 1. The highest BCUT2D eigenvalue weighted by molar-refractivity contribution is 5.88. The van der Waals surface area contributed by atoms with E-state index < -0.39 is 23.3 Å². The number of pyridine rings is 1. The van der Waals surface area contributed by atoms with E-state index in [1.165, 1.54) is 25.0 Å². The van der Waals surface area contributed by atoms with Crippen LogP contribution in [-0.4, -0.2) is 41.2 Å². The number of hydrogen-bond donors (Lipinski definition) is 3. The quantitative estimate of drug-likeness (QED) is 0.178. The van der Waals surface area contributed by atoms with E-state index in [1.807, 2.05) is 36.4 Å².